The zero-order valence-corrected chi connectivity index (χ0v) is 13.2. The highest BCUT2D eigenvalue weighted by Crippen LogP contribution is 2.25. The van der Waals surface area contributed by atoms with E-state index in [4.69, 9.17) is 4.74 Å². The highest BCUT2D eigenvalue weighted by molar-refractivity contribution is 5.96. The van der Waals surface area contributed by atoms with Crippen LogP contribution in [-0.4, -0.2) is 40.0 Å². The third-order valence-electron chi connectivity index (χ3n) is 3.44. The molecule has 9 nitrogen and oxygen atoms in total. The van der Waals surface area contributed by atoms with Crippen LogP contribution in [0.15, 0.2) is 42.7 Å². The van der Waals surface area contributed by atoms with Crippen LogP contribution in [-0.2, 0) is 11.2 Å². The summed E-state index contributed by atoms with van der Waals surface area (Å²) in [5.74, 6) is -1.55. The molecule has 0 fully saturated rings. The molecule has 2 rings (SSSR count). The number of aliphatic carboxylic acids is 1. The van der Waals surface area contributed by atoms with E-state index in [1.165, 1.54) is 49.8 Å². The molecule has 0 saturated carbocycles. The van der Waals surface area contributed by atoms with Crippen LogP contribution < -0.4 is 10.1 Å². The maximum Gasteiger partial charge on any atom is 0.326 e. The Morgan fingerprint density at radius 2 is 2.00 bits per heavy atom. The molecule has 0 spiro atoms. The summed E-state index contributed by atoms with van der Waals surface area (Å²) in [4.78, 5) is 37.7. The van der Waals surface area contributed by atoms with Crippen molar-refractivity contribution < 1.29 is 24.4 Å². The molecule has 0 unspecified atom stereocenters. The van der Waals surface area contributed by atoms with E-state index in [1.54, 1.807) is 0 Å². The van der Waals surface area contributed by atoms with Gasteiger partial charge in [0.25, 0.3) is 11.6 Å². The Bertz CT molecular complexity index is 794. The largest absolute Gasteiger partial charge is 0.496 e. The minimum absolute atomic E-state index is 0.170. The Balaban J connectivity index is 2.24. The summed E-state index contributed by atoms with van der Waals surface area (Å²) in [5.41, 5.74) is 0.367. The van der Waals surface area contributed by atoms with Crippen molar-refractivity contribution in [3.05, 3.63) is 64.0 Å². The molecule has 1 aromatic heterocycles. The molecule has 0 aliphatic heterocycles. The summed E-state index contributed by atoms with van der Waals surface area (Å²) in [6.07, 6.45) is 2.65. The standard InChI is InChI=1S/C16H15N3O6/c1-25-14-3-2-12(19(23)24)8-11(14)9-13(16(21)22)18-15(20)10-4-6-17-7-5-10/h2-8,13H,9H2,1H3,(H,18,20)(H,21,22)/t13-/m0/s1. The van der Waals surface area contributed by atoms with Crippen molar-refractivity contribution in [3.8, 4) is 5.75 Å². The van der Waals surface area contributed by atoms with Gasteiger partial charge in [0, 0.05) is 42.1 Å². The van der Waals surface area contributed by atoms with Gasteiger partial charge >= 0.3 is 5.97 Å². The van der Waals surface area contributed by atoms with E-state index >= 15 is 0 Å². The number of pyridine rings is 1. The van der Waals surface area contributed by atoms with Gasteiger partial charge in [-0.05, 0) is 18.2 Å². The summed E-state index contributed by atoms with van der Waals surface area (Å²) in [5, 5.41) is 22.7. The number of amides is 1. The summed E-state index contributed by atoms with van der Waals surface area (Å²) >= 11 is 0. The number of hydrogen-bond donors (Lipinski definition) is 2. The monoisotopic (exact) mass is 345 g/mol. The smallest absolute Gasteiger partial charge is 0.326 e. The SMILES string of the molecule is COc1ccc([N+](=O)[O-])cc1C[C@H](NC(=O)c1ccncc1)C(=O)O. The Labute approximate surface area is 142 Å². The lowest BCUT2D eigenvalue weighted by atomic mass is 10.0. The highest BCUT2D eigenvalue weighted by Gasteiger charge is 2.24. The molecule has 0 aliphatic carbocycles. The summed E-state index contributed by atoms with van der Waals surface area (Å²) in [6, 6.07) is 5.49. The first-order valence-corrected chi connectivity index (χ1v) is 7.17. The van der Waals surface area contributed by atoms with E-state index < -0.39 is 22.8 Å². The maximum atomic E-state index is 12.1. The van der Waals surface area contributed by atoms with E-state index in [0.29, 0.717) is 11.3 Å². The van der Waals surface area contributed by atoms with Gasteiger partial charge in [0.2, 0.25) is 0 Å². The number of nitro groups is 1. The van der Waals surface area contributed by atoms with E-state index in [2.05, 4.69) is 10.3 Å². The Hall–Kier alpha value is -3.49. The first-order valence-electron chi connectivity index (χ1n) is 7.17. The van der Waals surface area contributed by atoms with Crippen molar-refractivity contribution in [2.24, 2.45) is 0 Å². The Morgan fingerprint density at radius 1 is 1.32 bits per heavy atom. The molecule has 25 heavy (non-hydrogen) atoms. The number of carbonyl (C=O) groups is 2. The zero-order valence-electron chi connectivity index (χ0n) is 13.2. The lowest BCUT2D eigenvalue weighted by Gasteiger charge is -2.16. The van der Waals surface area contributed by atoms with Gasteiger partial charge in [-0.15, -0.1) is 0 Å². The fourth-order valence-electron chi connectivity index (χ4n) is 2.20. The lowest BCUT2D eigenvalue weighted by Crippen LogP contribution is -2.42. The van der Waals surface area contributed by atoms with Crippen molar-refractivity contribution in [2.45, 2.75) is 12.5 Å². The first kappa shape index (κ1) is 17.9. The number of aromatic nitrogens is 1. The molecule has 2 N–H and O–H groups in total. The van der Waals surface area contributed by atoms with Crippen LogP contribution >= 0.6 is 0 Å². The van der Waals surface area contributed by atoms with E-state index in [1.807, 2.05) is 0 Å². The average molecular weight is 345 g/mol. The number of ether oxygens (including phenoxy) is 1. The third kappa shape index (κ3) is 4.50. The predicted molar refractivity (Wildman–Crippen MR) is 86.5 cm³/mol. The number of non-ortho nitro benzene ring substituents is 1. The molecule has 0 aliphatic rings. The molecule has 9 heteroatoms. The van der Waals surface area contributed by atoms with Crippen LogP contribution in [0.2, 0.25) is 0 Å². The molecule has 0 saturated heterocycles. The number of carbonyl (C=O) groups excluding carboxylic acids is 1. The molecular formula is C16H15N3O6. The fraction of sp³-hybridized carbons (Fsp3) is 0.188. The normalized spacial score (nSPS) is 11.4. The number of nitrogens with zero attached hydrogens (tertiary/aromatic N) is 2. The van der Waals surface area contributed by atoms with Crippen molar-refractivity contribution >= 4 is 17.6 Å². The van der Waals surface area contributed by atoms with Crippen molar-refractivity contribution in [3.63, 3.8) is 0 Å². The second-order valence-corrected chi connectivity index (χ2v) is 5.06. The molecule has 1 amide bonds. The number of nitro benzene ring substituents is 1. The molecule has 1 aromatic carbocycles. The van der Waals surface area contributed by atoms with E-state index in [-0.39, 0.29) is 17.7 Å². The number of hydrogen-bond acceptors (Lipinski definition) is 6. The maximum absolute atomic E-state index is 12.1. The lowest BCUT2D eigenvalue weighted by molar-refractivity contribution is -0.384. The van der Waals surface area contributed by atoms with E-state index in [0.717, 1.165) is 0 Å². The minimum atomic E-state index is -1.28. The molecule has 2 aromatic rings. The second kappa shape index (κ2) is 7.86. The van der Waals surface area contributed by atoms with Gasteiger partial charge in [-0.2, -0.15) is 0 Å². The topological polar surface area (TPSA) is 132 Å². The molecule has 0 radical (unpaired) electrons. The molecule has 130 valence electrons. The first-order chi connectivity index (χ1) is 11.9. The molecular weight excluding hydrogens is 330 g/mol. The van der Waals surface area contributed by atoms with Gasteiger partial charge in [-0.3, -0.25) is 19.9 Å². The molecule has 0 bridgehead atoms. The quantitative estimate of drug-likeness (QED) is 0.573. The van der Waals surface area contributed by atoms with Crippen LogP contribution in [0.3, 0.4) is 0 Å². The number of carboxylic acid groups (broad SMARTS) is 1. The summed E-state index contributed by atoms with van der Waals surface area (Å²) < 4.78 is 5.11. The number of methoxy groups -OCH3 is 1. The fourth-order valence-corrected chi connectivity index (χ4v) is 2.20. The van der Waals surface area contributed by atoms with Gasteiger partial charge in [0.1, 0.15) is 11.8 Å². The van der Waals surface area contributed by atoms with Gasteiger partial charge in [-0.25, -0.2) is 4.79 Å². The van der Waals surface area contributed by atoms with Crippen LogP contribution in [0.25, 0.3) is 0 Å². The van der Waals surface area contributed by atoms with Crippen LogP contribution in [0.1, 0.15) is 15.9 Å². The van der Waals surface area contributed by atoms with Gasteiger partial charge in [0.05, 0.1) is 12.0 Å². The number of benzene rings is 1. The van der Waals surface area contributed by atoms with Crippen LogP contribution in [0.4, 0.5) is 5.69 Å². The number of nitrogens with one attached hydrogen (secondary N) is 1. The van der Waals surface area contributed by atoms with Crippen LogP contribution in [0, 0.1) is 10.1 Å². The Kier molecular flexibility index (Phi) is 5.62. The van der Waals surface area contributed by atoms with Crippen molar-refractivity contribution in [1.29, 1.82) is 0 Å². The highest BCUT2D eigenvalue weighted by atomic mass is 16.6. The minimum Gasteiger partial charge on any atom is -0.496 e. The average Bonchev–Trinajstić information content (AvgIpc) is 2.61. The predicted octanol–water partition coefficient (Wildman–Crippen LogP) is 1.42. The van der Waals surface area contributed by atoms with Gasteiger partial charge < -0.3 is 15.2 Å². The Morgan fingerprint density at radius 3 is 2.56 bits per heavy atom. The van der Waals surface area contributed by atoms with Gasteiger partial charge in [-0.1, -0.05) is 0 Å². The number of carboxylic acids is 1. The molecule has 1 heterocycles. The van der Waals surface area contributed by atoms with Gasteiger partial charge in [0.15, 0.2) is 0 Å². The summed E-state index contributed by atoms with van der Waals surface area (Å²) in [6.45, 7) is 0. The summed E-state index contributed by atoms with van der Waals surface area (Å²) in [7, 11) is 1.37. The van der Waals surface area contributed by atoms with Crippen molar-refractivity contribution in [1.82, 2.24) is 10.3 Å². The van der Waals surface area contributed by atoms with E-state index in [9.17, 15) is 24.8 Å². The van der Waals surface area contributed by atoms with Crippen molar-refractivity contribution in [2.75, 3.05) is 7.11 Å². The zero-order chi connectivity index (χ0) is 18.4. The number of rotatable bonds is 7. The third-order valence-corrected chi connectivity index (χ3v) is 3.44. The second-order valence-electron chi connectivity index (χ2n) is 5.06. The van der Waals surface area contributed by atoms with Crippen LogP contribution in [0.5, 0.6) is 5.75 Å². The molecule has 1 atom stereocenters.